The molecule has 0 radical (unpaired) electrons. The highest BCUT2D eigenvalue weighted by Crippen LogP contribution is 2.28. The highest BCUT2D eigenvalue weighted by atomic mass is 35.5. The minimum Gasteiger partial charge on any atom is -0.354 e. The number of ether oxygens (including phenoxy) is 2. The fourth-order valence-corrected chi connectivity index (χ4v) is 3.63. The van der Waals surface area contributed by atoms with Gasteiger partial charge in [0.2, 0.25) is 0 Å². The Morgan fingerprint density at radius 2 is 1.67 bits per heavy atom. The number of thioether (sulfide) groups is 1. The Morgan fingerprint density at radius 1 is 1.00 bits per heavy atom. The Kier molecular flexibility index (Phi) is 6.90. The summed E-state index contributed by atoms with van der Waals surface area (Å²) in [5.41, 5.74) is 3.43. The highest BCUT2D eigenvalue weighted by Gasteiger charge is 2.18. The predicted molar refractivity (Wildman–Crippen MR) is 109 cm³/mol. The zero-order valence-electron chi connectivity index (χ0n) is 15.6. The summed E-state index contributed by atoms with van der Waals surface area (Å²) >= 11 is 7.65. The largest absolute Gasteiger partial charge is 0.354 e. The molecule has 27 heavy (non-hydrogen) atoms. The number of rotatable bonds is 8. The van der Waals surface area contributed by atoms with E-state index in [2.05, 4.69) is 41.4 Å². The van der Waals surface area contributed by atoms with Crippen molar-refractivity contribution >= 4 is 23.4 Å². The number of hydrogen-bond acceptors (Lipinski definition) is 5. The SMILES string of the molecule is COC(Cn1c(SCc2ccc(C)cc2)nnc1-c1ccc(Cl)cc1)OC. The van der Waals surface area contributed by atoms with Crippen molar-refractivity contribution in [3.63, 3.8) is 0 Å². The fourth-order valence-electron chi connectivity index (χ4n) is 2.60. The lowest BCUT2D eigenvalue weighted by Gasteiger charge is -2.17. The molecule has 0 N–H and O–H groups in total. The number of aryl methyl sites for hydroxylation is 1. The first-order valence-electron chi connectivity index (χ1n) is 8.53. The van der Waals surface area contributed by atoms with Gasteiger partial charge in [-0.15, -0.1) is 10.2 Å². The summed E-state index contributed by atoms with van der Waals surface area (Å²) in [6, 6.07) is 16.1. The van der Waals surface area contributed by atoms with Crippen molar-refractivity contribution in [2.45, 2.75) is 30.7 Å². The Balaban J connectivity index is 1.87. The summed E-state index contributed by atoms with van der Waals surface area (Å²) < 4.78 is 12.8. The second-order valence-electron chi connectivity index (χ2n) is 6.10. The number of methoxy groups -OCH3 is 2. The lowest BCUT2D eigenvalue weighted by atomic mass is 10.2. The maximum Gasteiger partial charge on any atom is 0.191 e. The smallest absolute Gasteiger partial charge is 0.191 e. The van der Waals surface area contributed by atoms with Gasteiger partial charge in [0, 0.05) is 30.6 Å². The maximum absolute atomic E-state index is 6.02. The molecule has 1 heterocycles. The Bertz CT molecular complexity index is 862. The van der Waals surface area contributed by atoms with Gasteiger partial charge in [0.15, 0.2) is 17.3 Å². The van der Waals surface area contributed by atoms with Crippen LogP contribution in [0.5, 0.6) is 0 Å². The van der Waals surface area contributed by atoms with Crippen LogP contribution in [-0.2, 0) is 21.8 Å². The summed E-state index contributed by atoms with van der Waals surface area (Å²) in [6.07, 6.45) is -0.384. The number of halogens is 1. The minimum absolute atomic E-state index is 0.384. The van der Waals surface area contributed by atoms with Crippen LogP contribution < -0.4 is 0 Å². The van der Waals surface area contributed by atoms with Gasteiger partial charge < -0.3 is 9.47 Å². The molecule has 0 bridgehead atoms. The molecule has 0 spiro atoms. The maximum atomic E-state index is 6.02. The first-order chi connectivity index (χ1) is 13.1. The first-order valence-corrected chi connectivity index (χ1v) is 9.90. The molecular formula is C20H22ClN3O2S. The van der Waals surface area contributed by atoms with Crippen molar-refractivity contribution in [3.05, 3.63) is 64.7 Å². The third-order valence-electron chi connectivity index (χ3n) is 4.17. The quantitative estimate of drug-likeness (QED) is 0.398. The van der Waals surface area contributed by atoms with Gasteiger partial charge in [0.05, 0.1) is 6.54 Å². The van der Waals surface area contributed by atoms with E-state index in [0.717, 1.165) is 22.3 Å². The van der Waals surface area contributed by atoms with E-state index in [1.165, 1.54) is 11.1 Å². The standard InChI is InChI=1S/C20H22ClN3O2S/c1-14-4-6-15(7-5-14)13-27-20-23-22-19(16-8-10-17(21)11-9-16)24(20)12-18(25-2)26-3/h4-11,18H,12-13H2,1-3H3. The molecule has 1 aromatic heterocycles. The van der Waals surface area contributed by atoms with Crippen LogP contribution in [0.15, 0.2) is 53.7 Å². The second-order valence-corrected chi connectivity index (χ2v) is 7.48. The van der Waals surface area contributed by atoms with Crippen LogP contribution in [0.1, 0.15) is 11.1 Å². The van der Waals surface area contributed by atoms with Crippen LogP contribution in [0.4, 0.5) is 0 Å². The van der Waals surface area contributed by atoms with Crippen molar-refractivity contribution in [2.24, 2.45) is 0 Å². The first kappa shape index (κ1) is 19.9. The van der Waals surface area contributed by atoms with Crippen LogP contribution in [0.2, 0.25) is 5.02 Å². The molecule has 2 aromatic carbocycles. The van der Waals surface area contributed by atoms with Gasteiger partial charge in [-0.3, -0.25) is 4.57 Å². The van der Waals surface area contributed by atoms with Crippen LogP contribution in [0.25, 0.3) is 11.4 Å². The van der Waals surface area contributed by atoms with Crippen molar-refractivity contribution in [2.75, 3.05) is 14.2 Å². The zero-order valence-corrected chi connectivity index (χ0v) is 17.1. The van der Waals surface area contributed by atoms with Gasteiger partial charge >= 0.3 is 0 Å². The molecule has 3 aromatic rings. The third kappa shape index (κ3) is 5.11. The predicted octanol–water partition coefficient (Wildman–Crippen LogP) is 4.82. The number of aromatic nitrogens is 3. The fraction of sp³-hybridized carbons (Fsp3) is 0.300. The van der Waals surface area contributed by atoms with Crippen molar-refractivity contribution in [3.8, 4) is 11.4 Å². The third-order valence-corrected chi connectivity index (χ3v) is 5.46. The van der Waals surface area contributed by atoms with Crippen LogP contribution in [0, 0.1) is 6.92 Å². The molecule has 3 rings (SSSR count). The summed E-state index contributed by atoms with van der Waals surface area (Å²) in [7, 11) is 3.25. The molecule has 0 aliphatic heterocycles. The summed E-state index contributed by atoms with van der Waals surface area (Å²) in [4.78, 5) is 0. The van der Waals surface area contributed by atoms with E-state index in [-0.39, 0.29) is 6.29 Å². The normalized spacial score (nSPS) is 11.3. The molecule has 0 saturated carbocycles. The topological polar surface area (TPSA) is 49.2 Å². The van der Waals surface area contributed by atoms with Crippen molar-refractivity contribution < 1.29 is 9.47 Å². The van der Waals surface area contributed by atoms with E-state index in [9.17, 15) is 0 Å². The van der Waals surface area contributed by atoms with E-state index in [4.69, 9.17) is 21.1 Å². The molecule has 5 nitrogen and oxygen atoms in total. The van der Waals surface area contributed by atoms with Crippen LogP contribution >= 0.6 is 23.4 Å². The van der Waals surface area contributed by atoms with Crippen molar-refractivity contribution in [1.82, 2.24) is 14.8 Å². The Morgan fingerprint density at radius 3 is 2.30 bits per heavy atom. The number of nitrogens with zero attached hydrogens (tertiary/aromatic N) is 3. The zero-order chi connectivity index (χ0) is 19.2. The lowest BCUT2D eigenvalue weighted by molar-refractivity contribution is -0.111. The van der Waals surface area contributed by atoms with Crippen LogP contribution in [-0.4, -0.2) is 35.3 Å². The summed E-state index contributed by atoms with van der Waals surface area (Å²) in [6.45, 7) is 2.58. The Labute approximate surface area is 168 Å². The van der Waals surface area contributed by atoms with Gasteiger partial charge in [0.1, 0.15) is 0 Å². The molecule has 0 saturated heterocycles. The average molecular weight is 404 g/mol. The molecule has 0 atom stereocenters. The summed E-state index contributed by atoms with van der Waals surface area (Å²) in [5, 5.41) is 10.3. The minimum atomic E-state index is -0.384. The molecule has 0 amide bonds. The van der Waals surface area contributed by atoms with Gasteiger partial charge in [-0.05, 0) is 36.8 Å². The Hall–Kier alpha value is -1.86. The lowest BCUT2D eigenvalue weighted by Crippen LogP contribution is -2.21. The van der Waals surface area contributed by atoms with Gasteiger partial charge in [-0.1, -0.05) is 53.2 Å². The second kappa shape index (κ2) is 9.37. The molecule has 0 unspecified atom stereocenters. The van der Waals surface area contributed by atoms with E-state index in [1.807, 2.05) is 28.8 Å². The molecular weight excluding hydrogens is 382 g/mol. The molecule has 0 aliphatic carbocycles. The average Bonchev–Trinajstić information content (AvgIpc) is 3.08. The summed E-state index contributed by atoms with van der Waals surface area (Å²) in [5.74, 6) is 1.57. The van der Waals surface area contributed by atoms with E-state index in [1.54, 1.807) is 26.0 Å². The van der Waals surface area contributed by atoms with Gasteiger partial charge in [-0.2, -0.15) is 0 Å². The van der Waals surface area contributed by atoms with E-state index >= 15 is 0 Å². The van der Waals surface area contributed by atoms with E-state index in [0.29, 0.717) is 11.6 Å². The number of hydrogen-bond donors (Lipinski definition) is 0. The van der Waals surface area contributed by atoms with Gasteiger partial charge in [0.25, 0.3) is 0 Å². The monoisotopic (exact) mass is 403 g/mol. The van der Waals surface area contributed by atoms with Crippen LogP contribution in [0.3, 0.4) is 0 Å². The molecule has 0 aliphatic rings. The molecule has 0 fully saturated rings. The molecule has 142 valence electrons. The van der Waals surface area contributed by atoms with Gasteiger partial charge in [-0.25, -0.2) is 0 Å². The highest BCUT2D eigenvalue weighted by molar-refractivity contribution is 7.98. The number of benzene rings is 2. The van der Waals surface area contributed by atoms with Crippen molar-refractivity contribution in [1.29, 1.82) is 0 Å². The van der Waals surface area contributed by atoms with E-state index < -0.39 is 0 Å². The molecule has 7 heteroatoms.